The van der Waals surface area contributed by atoms with Gasteiger partial charge in [0.2, 0.25) is 0 Å². The molecule has 0 heterocycles. The highest BCUT2D eigenvalue weighted by Gasteiger charge is 2.45. The van der Waals surface area contributed by atoms with E-state index in [0.29, 0.717) is 0 Å². The Balaban J connectivity index is 4.53. The fraction of sp³-hybridized carbons (Fsp3) is 1.00. The van der Waals surface area contributed by atoms with E-state index in [1.165, 1.54) is 0 Å². The van der Waals surface area contributed by atoms with Gasteiger partial charge in [-0.1, -0.05) is 0 Å². The van der Waals surface area contributed by atoms with Crippen LogP contribution in [0, 0.1) is 0 Å². The summed E-state index contributed by atoms with van der Waals surface area (Å²) in [5.41, 5.74) is 0. The molecule has 0 atom stereocenters. The molecule has 0 aromatic rings. The van der Waals surface area contributed by atoms with Crippen LogP contribution in [0.1, 0.15) is 0 Å². The summed E-state index contributed by atoms with van der Waals surface area (Å²) in [6, 6.07) is 0. The number of alkyl halides is 9. The second-order valence-corrected chi connectivity index (χ2v) is 3.32. The van der Waals surface area contributed by atoms with Crippen LogP contribution < -0.4 is 0 Å². The van der Waals surface area contributed by atoms with Gasteiger partial charge in [0.25, 0.3) is 0 Å². The molecule has 96 valence electrons. The molecule has 0 N–H and O–H groups in total. The fourth-order valence-electron chi connectivity index (χ4n) is 1.20. The lowest BCUT2D eigenvalue weighted by Gasteiger charge is -2.18. The summed E-state index contributed by atoms with van der Waals surface area (Å²) in [4.78, 5) is 0. The molecular formula is C6H6BF9. The monoisotopic (exact) mass is 260 g/mol. The molecule has 0 fully saturated rings. The summed E-state index contributed by atoms with van der Waals surface area (Å²) in [7, 11) is 0. The second-order valence-electron chi connectivity index (χ2n) is 3.32. The standard InChI is InChI=1S/C6H6BF9/c8-4(9,10)1-7(2-5(11,12)13)3-6(14,15)16/h1-3H2. The van der Waals surface area contributed by atoms with Crippen LogP contribution in [-0.4, -0.2) is 25.2 Å². The number of hydrogen-bond acceptors (Lipinski definition) is 0. The van der Waals surface area contributed by atoms with Crippen LogP contribution in [0.15, 0.2) is 0 Å². The summed E-state index contributed by atoms with van der Waals surface area (Å²) in [5.74, 6) is 0. The third kappa shape index (κ3) is 9.97. The van der Waals surface area contributed by atoms with Crippen molar-refractivity contribution in [3.63, 3.8) is 0 Å². The van der Waals surface area contributed by atoms with Crippen molar-refractivity contribution < 1.29 is 39.5 Å². The maximum atomic E-state index is 11.7. The van der Waals surface area contributed by atoms with E-state index in [-0.39, 0.29) is 0 Å². The molecular weight excluding hydrogens is 254 g/mol. The van der Waals surface area contributed by atoms with Gasteiger partial charge in [0, 0.05) is 19.0 Å². The summed E-state index contributed by atoms with van der Waals surface area (Å²) in [6.45, 7) is -2.51. The average molecular weight is 260 g/mol. The van der Waals surface area contributed by atoms with Gasteiger partial charge < -0.3 is 0 Å². The van der Waals surface area contributed by atoms with Crippen molar-refractivity contribution in [3.05, 3.63) is 0 Å². The van der Waals surface area contributed by atoms with Gasteiger partial charge in [0.05, 0.1) is 0 Å². The quantitative estimate of drug-likeness (QED) is 0.527. The van der Waals surface area contributed by atoms with E-state index in [0.717, 1.165) is 0 Å². The van der Waals surface area contributed by atoms with Gasteiger partial charge in [-0.05, 0) is 0 Å². The van der Waals surface area contributed by atoms with Gasteiger partial charge in [0.1, 0.15) is 0 Å². The van der Waals surface area contributed by atoms with Crippen molar-refractivity contribution in [2.45, 2.75) is 37.5 Å². The molecule has 0 aromatic carbocycles. The van der Waals surface area contributed by atoms with Gasteiger partial charge in [-0.2, -0.15) is 39.5 Å². The number of rotatable bonds is 3. The summed E-state index contributed by atoms with van der Waals surface area (Å²) in [5, 5.41) is 0. The normalized spacial score (nSPS) is 14.1. The van der Waals surface area contributed by atoms with Crippen molar-refractivity contribution in [1.82, 2.24) is 0 Å². The fourth-order valence-corrected chi connectivity index (χ4v) is 1.20. The smallest absolute Gasteiger partial charge is 0.172 e. The SMILES string of the molecule is FC(F)(F)CB(CC(F)(F)F)CC(F)(F)F. The molecule has 0 aliphatic heterocycles. The Morgan fingerprint density at radius 2 is 0.688 bits per heavy atom. The minimum Gasteiger partial charge on any atom is -0.172 e. The van der Waals surface area contributed by atoms with E-state index < -0.39 is 44.2 Å². The molecule has 0 unspecified atom stereocenters. The van der Waals surface area contributed by atoms with E-state index in [9.17, 15) is 39.5 Å². The van der Waals surface area contributed by atoms with Crippen molar-refractivity contribution in [3.8, 4) is 0 Å². The third-order valence-corrected chi connectivity index (χ3v) is 1.56. The Morgan fingerprint density at radius 3 is 0.812 bits per heavy atom. The molecule has 10 heteroatoms. The van der Waals surface area contributed by atoms with Crippen LogP contribution in [0.2, 0.25) is 19.0 Å². The van der Waals surface area contributed by atoms with Crippen LogP contribution in [0.4, 0.5) is 39.5 Å². The Labute approximate surface area is 84.9 Å². The average Bonchev–Trinajstić information content (AvgIpc) is 1.70. The Morgan fingerprint density at radius 1 is 0.500 bits per heavy atom. The van der Waals surface area contributed by atoms with E-state index >= 15 is 0 Å². The van der Waals surface area contributed by atoms with E-state index in [2.05, 4.69) is 0 Å². The largest absolute Gasteiger partial charge is 0.382 e. The molecule has 0 spiro atoms. The molecule has 0 rings (SSSR count). The van der Waals surface area contributed by atoms with Crippen molar-refractivity contribution >= 4 is 6.71 Å². The lowest BCUT2D eigenvalue weighted by atomic mass is 9.42. The van der Waals surface area contributed by atoms with Crippen LogP contribution in [-0.2, 0) is 0 Å². The predicted molar refractivity (Wildman–Crippen MR) is 38.3 cm³/mol. The van der Waals surface area contributed by atoms with Gasteiger partial charge >= 0.3 is 18.5 Å². The van der Waals surface area contributed by atoms with Gasteiger partial charge in [-0.3, -0.25) is 0 Å². The molecule has 0 aromatic heterocycles. The van der Waals surface area contributed by atoms with E-state index in [4.69, 9.17) is 0 Å². The highest BCUT2D eigenvalue weighted by atomic mass is 19.4. The van der Waals surface area contributed by atoms with Crippen molar-refractivity contribution in [2.24, 2.45) is 0 Å². The predicted octanol–water partition coefficient (Wildman–Crippen LogP) is 4.17. The van der Waals surface area contributed by atoms with Crippen LogP contribution >= 0.6 is 0 Å². The first-order valence-corrected chi connectivity index (χ1v) is 3.99. The minimum absolute atomic E-state index is 2.09. The van der Waals surface area contributed by atoms with Gasteiger partial charge in [0.15, 0.2) is 6.71 Å². The topological polar surface area (TPSA) is 0 Å². The lowest BCUT2D eigenvalue weighted by Crippen LogP contribution is -2.32. The first kappa shape index (κ1) is 15.4. The summed E-state index contributed by atoms with van der Waals surface area (Å²) in [6.07, 6.45) is -21.4. The Hall–Kier alpha value is -0.565. The Bertz CT molecular complexity index is 173. The second kappa shape index (κ2) is 4.74. The first-order chi connectivity index (χ1) is 6.79. The van der Waals surface area contributed by atoms with E-state index in [1.54, 1.807) is 0 Å². The van der Waals surface area contributed by atoms with Crippen LogP contribution in [0.3, 0.4) is 0 Å². The maximum absolute atomic E-state index is 11.7. The lowest BCUT2D eigenvalue weighted by molar-refractivity contribution is -0.124. The minimum atomic E-state index is -5.04. The maximum Gasteiger partial charge on any atom is 0.382 e. The first-order valence-electron chi connectivity index (χ1n) is 3.99. The third-order valence-electron chi connectivity index (χ3n) is 1.56. The van der Waals surface area contributed by atoms with Crippen molar-refractivity contribution in [1.29, 1.82) is 0 Å². The van der Waals surface area contributed by atoms with Crippen LogP contribution in [0.5, 0.6) is 0 Å². The molecule has 0 saturated heterocycles. The molecule has 0 bridgehead atoms. The number of halogens is 9. The zero-order chi connectivity index (χ0) is 13.2. The molecule has 0 aliphatic carbocycles. The van der Waals surface area contributed by atoms with E-state index in [1.807, 2.05) is 0 Å². The van der Waals surface area contributed by atoms with Crippen molar-refractivity contribution in [2.75, 3.05) is 0 Å². The van der Waals surface area contributed by atoms with Crippen LogP contribution in [0.25, 0.3) is 0 Å². The highest BCUT2D eigenvalue weighted by molar-refractivity contribution is 6.59. The zero-order valence-corrected chi connectivity index (χ0v) is 7.60. The highest BCUT2D eigenvalue weighted by Crippen LogP contribution is 2.35. The van der Waals surface area contributed by atoms with Gasteiger partial charge in [-0.25, -0.2) is 0 Å². The molecule has 0 amide bonds. The Kier molecular flexibility index (Phi) is 4.58. The molecule has 0 saturated carbocycles. The number of hydrogen-bond donors (Lipinski definition) is 0. The molecule has 0 nitrogen and oxygen atoms in total. The molecule has 0 aliphatic rings. The zero-order valence-electron chi connectivity index (χ0n) is 7.60. The van der Waals surface area contributed by atoms with Gasteiger partial charge in [-0.15, -0.1) is 0 Å². The molecule has 16 heavy (non-hydrogen) atoms. The summed E-state index contributed by atoms with van der Waals surface area (Å²) < 4.78 is 105. The summed E-state index contributed by atoms with van der Waals surface area (Å²) >= 11 is 0. The molecule has 0 radical (unpaired) electrons.